The maximum absolute atomic E-state index is 12.1. The normalized spacial score (nSPS) is 14.3. The molecule has 0 bridgehead atoms. The van der Waals surface area contributed by atoms with Crippen molar-refractivity contribution in [2.24, 2.45) is 0 Å². The van der Waals surface area contributed by atoms with Gasteiger partial charge in [0.15, 0.2) is 12.4 Å². The van der Waals surface area contributed by atoms with Crippen LogP contribution in [0.2, 0.25) is 0 Å². The maximum Gasteiger partial charge on any atom is 0.331 e. The van der Waals surface area contributed by atoms with Gasteiger partial charge >= 0.3 is 11.9 Å². The summed E-state index contributed by atoms with van der Waals surface area (Å²) in [5.74, 6) is -1.80. The minimum Gasteiger partial charge on any atom is -0.463 e. The summed E-state index contributed by atoms with van der Waals surface area (Å²) >= 11 is 0. The van der Waals surface area contributed by atoms with Gasteiger partial charge in [-0.1, -0.05) is 0 Å². The quantitative estimate of drug-likeness (QED) is 0.525. The lowest BCUT2D eigenvalue weighted by molar-refractivity contribution is -0.149. The first-order valence-corrected chi connectivity index (χ1v) is 8.13. The first kappa shape index (κ1) is 19.2. The minimum atomic E-state index is -0.807. The fourth-order valence-corrected chi connectivity index (χ4v) is 2.31. The van der Waals surface area contributed by atoms with Gasteiger partial charge in [-0.05, 0) is 19.1 Å². The third kappa shape index (κ3) is 5.47. The van der Waals surface area contributed by atoms with Gasteiger partial charge in [0.05, 0.1) is 12.9 Å². The number of amides is 2. The van der Waals surface area contributed by atoms with Crippen LogP contribution < -0.4 is 0 Å². The highest BCUT2D eigenvalue weighted by atomic mass is 16.5. The summed E-state index contributed by atoms with van der Waals surface area (Å²) in [4.78, 5) is 49.8. The van der Waals surface area contributed by atoms with E-state index in [9.17, 15) is 19.2 Å². The highest BCUT2D eigenvalue weighted by Gasteiger charge is 2.26. The van der Waals surface area contributed by atoms with E-state index in [2.05, 4.69) is 4.74 Å². The molecule has 1 aromatic rings. The highest BCUT2D eigenvalue weighted by molar-refractivity contribution is 5.93. The Bertz CT molecular complexity index is 673. The van der Waals surface area contributed by atoms with Crippen LogP contribution in [0.3, 0.4) is 0 Å². The molecule has 140 valence electrons. The topological polar surface area (TPSA) is 106 Å². The Kier molecular flexibility index (Phi) is 6.95. The molecular formula is C17H20N2O7. The number of piperazine rings is 1. The third-order valence-corrected chi connectivity index (χ3v) is 3.63. The van der Waals surface area contributed by atoms with Crippen LogP contribution in [0.4, 0.5) is 0 Å². The fraction of sp³-hybridized carbons (Fsp3) is 0.412. The molecule has 0 unspecified atom stereocenters. The summed E-state index contributed by atoms with van der Waals surface area (Å²) in [7, 11) is 0. The van der Waals surface area contributed by atoms with Gasteiger partial charge in [0, 0.05) is 38.3 Å². The summed E-state index contributed by atoms with van der Waals surface area (Å²) in [6, 6.07) is 3.22. The average molecular weight is 364 g/mol. The summed E-state index contributed by atoms with van der Waals surface area (Å²) in [6.07, 6.45) is 3.28. The predicted octanol–water partition coefficient (Wildman–Crippen LogP) is 0.227. The van der Waals surface area contributed by atoms with Crippen LogP contribution in [0.1, 0.15) is 17.5 Å². The number of carbonyl (C=O) groups is 4. The Hall–Kier alpha value is -3.10. The number of nitrogens with zero attached hydrogens (tertiary/aromatic N) is 2. The number of carbonyl (C=O) groups excluding carboxylic acids is 4. The molecule has 9 nitrogen and oxygen atoms in total. The highest BCUT2D eigenvalue weighted by Crippen LogP contribution is 2.09. The van der Waals surface area contributed by atoms with Crippen molar-refractivity contribution in [3.8, 4) is 0 Å². The first-order valence-electron chi connectivity index (χ1n) is 8.13. The smallest absolute Gasteiger partial charge is 0.331 e. The van der Waals surface area contributed by atoms with Crippen LogP contribution in [-0.2, 0) is 23.9 Å². The molecule has 26 heavy (non-hydrogen) atoms. The monoisotopic (exact) mass is 364 g/mol. The summed E-state index contributed by atoms with van der Waals surface area (Å²) in [5, 5.41) is 0. The van der Waals surface area contributed by atoms with E-state index in [1.54, 1.807) is 24.0 Å². The largest absolute Gasteiger partial charge is 0.463 e. The summed E-state index contributed by atoms with van der Waals surface area (Å²) in [6.45, 7) is 2.81. The molecule has 0 atom stereocenters. The van der Waals surface area contributed by atoms with Crippen molar-refractivity contribution in [2.75, 3.05) is 39.4 Å². The molecule has 0 radical (unpaired) electrons. The molecule has 1 saturated heterocycles. The molecule has 0 aliphatic carbocycles. The average Bonchev–Trinajstić information content (AvgIpc) is 3.19. The van der Waals surface area contributed by atoms with Crippen molar-refractivity contribution in [1.29, 1.82) is 0 Å². The zero-order chi connectivity index (χ0) is 18.9. The van der Waals surface area contributed by atoms with Gasteiger partial charge < -0.3 is 23.7 Å². The second-order valence-electron chi connectivity index (χ2n) is 5.34. The van der Waals surface area contributed by atoms with Crippen LogP contribution in [0, 0.1) is 0 Å². The molecule has 1 aliphatic rings. The number of esters is 2. The van der Waals surface area contributed by atoms with Gasteiger partial charge in [0.1, 0.15) is 0 Å². The van der Waals surface area contributed by atoms with E-state index in [0.717, 1.165) is 12.2 Å². The Morgan fingerprint density at radius 1 is 1.04 bits per heavy atom. The van der Waals surface area contributed by atoms with Crippen LogP contribution in [0.15, 0.2) is 35.0 Å². The number of hydrogen-bond donors (Lipinski definition) is 0. The Morgan fingerprint density at radius 3 is 2.23 bits per heavy atom. The summed E-state index contributed by atoms with van der Waals surface area (Å²) < 4.78 is 14.5. The Balaban J connectivity index is 1.72. The van der Waals surface area contributed by atoms with Crippen molar-refractivity contribution < 1.29 is 33.1 Å². The van der Waals surface area contributed by atoms with Gasteiger partial charge in [-0.3, -0.25) is 9.59 Å². The second-order valence-corrected chi connectivity index (χ2v) is 5.34. The van der Waals surface area contributed by atoms with Crippen LogP contribution >= 0.6 is 0 Å². The van der Waals surface area contributed by atoms with E-state index in [1.165, 1.54) is 11.2 Å². The molecule has 2 rings (SSSR count). The predicted molar refractivity (Wildman–Crippen MR) is 87.9 cm³/mol. The minimum absolute atomic E-state index is 0.200. The van der Waals surface area contributed by atoms with Gasteiger partial charge in [-0.15, -0.1) is 0 Å². The van der Waals surface area contributed by atoms with Gasteiger partial charge in [-0.25, -0.2) is 9.59 Å². The van der Waals surface area contributed by atoms with E-state index in [1.807, 2.05) is 0 Å². The van der Waals surface area contributed by atoms with Gasteiger partial charge in [-0.2, -0.15) is 0 Å². The van der Waals surface area contributed by atoms with Crippen molar-refractivity contribution in [3.63, 3.8) is 0 Å². The number of ether oxygens (including phenoxy) is 2. The lowest BCUT2D eigenvalue weighted by atomic mass is 10.3. The van der Waals surface area contributed by atoms with E-state index in [0.29, 0.717) is 26.2 Å². The van der Waals surface area contributed by atoms with Crippen molar-refractivity contribution in [3.05, 3.63) is 36.3 Å². The summed E-state index contributed by atoms with van der Waals surface area (Å²) in [5.41, 5.74) is 0. The Morgan fingerprint density at radius 2 is 1.65 bits per heavy atom. The SMILES string of the molecule is CCOC(=O)/C=C/C(=O)OCC(=O)N1CCN(C(=O)c2ccco2)CC1. The number of hydrogen-bond acceptors (Lipinski definition) is 7. The van der Waals surface area contributed by atoms with Gasteiger partial charge in [0.25, 0.3) is 11.8 Å². The molecule has 0 saturated carbocycles. The molecule has 0 spiro atoms. The molecule has 9 heteroatoms. The van der Waals surface area contributed by atoms with E-state index >= 15 is 0 Å². The fourth-order valence-electron chi connectivity index (χ4n) is 2.31. The van der Waals surface area contributed by atoms with Crippen molar-refractivity contribution in [2.45, 2.75) is 6.92 Å². The maximum atomic E-state index is 12.1. The van der Waals surface area contributed by atoms with Crippen LogP contribution in [-0.4, -0.2) is 72.9 Å². The van der Waals surface area contributed by atoms with Crippen LogP contribution in [0.5, 0.6) is 0 Å². The lowest BCUT2D eigenvalue weighted by Gasteiger charge is -2.34. The molecule has 0 N–H and O–H groups in total. The molecule has 1 aromatic heterocycles. The van der Waals surface area contributed by atoms with E-state index < -0.39 is 18.5 Å². The van der Waals surface area contributed by atoms with Crippen molar-refractivity contribution in [1.82, 2.24) is 9.80 Å². The Labute approximate surface area is 150 Å². The molecule has 2 amide bonds. The molecule has 2 heterocycles. The number of furan rings is 1. The van der Waals surface area contributed by atoms with Crippen molar-refractivity contribution >= 4 is 23.8 Å². The lowest BCUT2D eigenvalue weighted by Crippen LogP contribution is -2.51. The zero-order valence-electron chi connectivity index (χ0n) is 14.4. The molecule has 1 aliphatic heterocycles. The van der Waals surface area contributed by atoms with E-state index in [4.69, 9.17) is 9.15 Å². The standard InChI is InChI=1S/C17H20N2O7/c1-2-24-15(21)5-6-16(22)26-12-14(20)18-7-9-19(10-8-18)17(23)13-4-3-11-25-13/h3-6,11H,2,7-10,12H2,1H3/b6-5+. The molecular weight excluding hydrogens is 344 g/mol. The molecule has 0 aromatic carbocycles. The van der Waals surface area contributed by atoms with E-state index in [-0.39, 0.29) is 24.2 Å². The second kappa shape index (κ2) is 9.40. The van der Waals surface area contributed by atoms with Gasteiger partial charge in [0.2, 0.25) is 0 Å². The first-order chi connectivity index (χ1) is 12.5. The molecule has 1 fully saturated rings. The number of rotatable bonds is 6. The zero-order valence-corrected chi connectivity index (χ0v) is 14.4. The van der Waals surface area contributed by atoms with Crippen LogP contribution in [0.25, 0.3) is 0 Å². The third-order valence-electron chi connectivity index (χ3n) is 3.63.